The molecule has 8 nitrogen and oxygen atoms in total. The van der Waals surface area contributed by atoms with Crippen LogP contribution in [0.4, 0.5) is 0 Å². The predicted octanol–water partition coefficient (Wildman–Crippen LogP) is 15.3. The monoisotopic (exact) mass is 899 g/mol. The van der Waals surface area contributed by atoms with Gasteiger partial charge >= 0.3 is 0 Å². The van der Waals surface area contributed by atoms with Crippen LogP contribution in [0.25, 0.3) is 129 Å². The highest BCUT2D eigenvalue weighted by molar-refractivity contribution is 6.24. The van der Waals surface area contributed by atoms with Crippen LogP contribution in [0.3, 0.4) is 0 Å². The van der Waals surface area contributed by atoms with Crippen molar-refractivity contribution in [2.45, 2.75) is 13.8 Å². The minimum Gasteiger partial charge on any atom is -0.455 e. The van der Waals surface area contributed by atoms with Gasteiger partial charge in [-0.25, -0.2) is 29.9 Å². The van der Waals surface area contributed by atoms with E-state index in [1.54, 1.807) is 0 Å². The lowest BCUT2D eigenvalue weighted by Gasteiger charge is -2.21. The van der Waals surface area contributed by atoms with Crippen LogP contribution in [0.5, 0.6) is 0 Å². The van der Waals surface area contributed by atoms with Crippen LogP contribution in [0, 0.1) is 13.8 Å². The number of hydrogen-bond acceptors (Lipinski definition) is 7. The number of nitrogens with zero attached hydrogens (tertiary/aromatic N) is 7. The van der Waals surface area contributed by atoms with Gasteiger partial charge in [0, 0.05) is 49.5 Å². The van der Waals surface area contributed by atoms with E-state index in [0.717, 1.165) is 105 Å². The summed E-state index contributed by atoms with van der Waals surface area (Å²) in [4.78, 5) is 31.4. The van der Waals surface area contributed by atoms with Gasteiger partial charge in [0.2, 0.25) is 0 Å². The quantitative estimate of drug-likeness (QED) is 0.150. The molecule has 13 aromatic rings. The minimum absolute atomic E-state index is 0.528. The molecule has 0 amide bonds. The van der Waals surface area contributed by atoms with Crippen molar-refractivity contribution in [1.82, 2.24) is 34.5 Å². The topological polar surface area (TPSA) is 95.4 Å². The zero-order valence-corrected chi connectivity index (χ0v) is 38.2. The molecule has 0 atom stereocenters. The standard InChI is InChI=1S/C62H41N7O/c1-38-48(61-65-57(41-22-10-4-11-23-41)63-58(66-61)42-24-12-5-13-25-42)37-49(62-67-59(43-26-14-6-15-27-43)64-60(68-62)44-28-16-7-17-29-44)39(2)55(38)69-51-34-32-45(40-20-8-3-9-21-40)36-50(51)54-52(69)35-33-47-46-30-18-19-31-53(46)70-56(47)54/h3-37H,1-2H3. The van der Waals surface area contributed by atoms with E-state index in [0.29, 0.717) is 34.9 Å². The Bertz CT molecular complexity index is 3850. The number of furan rings is 1. The summed E-state index contributed by atoms with van der Waals surface area (Å²) in [7, 11) is 0. The van der Waals surface area contributed by atoms with Gasteiger partial charge in [0.15, 0.2) is 34.9 Å². The first-order valence-corrected chi connectivity index (χ1v) is 23.4. The normalized spacial score (nSPS) is 11.6. The van der Waals surface area contributed by atoms with E-state index >= 15 is 0 Å². The lowest BCUT2D eigenvalue weighted by molar-refractivity contribution is 0.673. The number of fused-ring (bicyclic) bond motifs is 7. The van der Waals surface area contributed by atoms with Crippen molar-refractivity contribution in [3.63, 3.8) is 0 Å². The molecule has 70 heavy (non-hydrogen) atoms. The Hall–Kier alpha value is -9.40. The molecule has 0 aliphatic rings. The molecule has 0 unspecified atom stereocenters. The molecule has 0 radical (unpaired) electrons. The maximum absolute atomic E-state index is 6.87. The van der Waals surface area contributed by atoms with Crippen molar-refractivity contribution in [2.75, 3.05) is 0 Å². The highest BCUT2D eigenvalue weighted by Crippen LogP contribution is 2.45. The molecule has 0 aliphatic heterocycles. The van der Waals surface area contributed by atoms with Gasteiger partial charge in [-0.2, -0.15) is 0 Å². The molecule has 4 aromatic heterocycles. The van der Waals surface area contributed by atoms with Crippen LogP contribution in [-0.2, 0) is 0 Å². The molecule has 9 aromatic carbocycles. The Kier molecular flexibility index (Phi) is 9.76. The molecule has 0 spiro atoms. The van der Waals surface area contributed by atoms with Crippen molar-refractivity contribution in [3.05, 3.63) is 223 Å². The Morgan fingerprint density at radius 1 is 0.329 bits per heavy atom. The highest BCUT2D eigenvalue weighted by Gasteiger charge is 2.27. The van der Waals surface area contributed by atoms with E-state index in [1.807, 2.05) is 133 Å². The average Bonchev–Trinajstić information content (AvgIpc) is 3.97. The molecule has 0 saturated carbocycles. The molecule has 8 heteroatoms. The lowest BCUT2D eigenvalue weighted by atomic mass is 9.95. The summed E-state index contributed by atoms with van der Waals surface area (Å²) in [5.41, 5.74) is 14.0. The van der Waals surface area contributed by atoms with Crippen LogP contribution in [0.2, 0.25) is 0 Å². The molecule has 0 fully saturated rings. The van der Waals surface area contributed by atoms with Gasteiger partial charge in [0.25, 0.3) is 0 Å². The third-order valence-electron chi connectivity index (χ3n) is 13.3. The highest BCUT2D eigenvalue weighted by atomic mass is 16.3. The zero-order valence-electron chi connectivity index (χ0n) is 38.2. The van der Waals surface area contributed by atoms with Crippen molar-refractivity contribution < 1.29 is 4.42 Å². The fourth-order valence-electron chi connectivity index (χ4n) is 9.89. The van der Waals surface area contributed by atoms with Gasteiger partial charge < -0.3 is 8.98 Å². The molecule has 0 N–H and O–H groups in total. The average molecular weight is 900 g/mol. The van der Waals surface area contributed by atoms with Gasteiger partial charge in [-0.3, -0.25) is 0 Å². The van der Waals surface area contributed by atoms with Gasteiger partial charge in [-0.15, -0.1) is 0 Å². The molecular formula is C62H41N7O. The summed E-state index contributed by atoms with van der Waals surface area (Å²) < 4.78 is 9.26. The number of rotatable bonds is 8. The van der Waals surface area contributed by atoms with Crippen molar-refractivity contribution in [2.24, 2.45) is 0 Å². The lowest BCUT2D eigenvalue weighted by Crippen LogP contribution is -2.08. The summed E-state index contributed by atoms with van der Waals surface area (Å²) >= 11 is 0. The maximum atomic E-state index is 6.87. The first-order valence-electron chi connectivity index (χ1n) is 23.4. The van der Waals surface area contributed by atoms with Crippen molar-refractivity contribution >= 4 is 43.7 Å². The zero-order chi connectivity index (χ0) is 46.7. The number of para-hydroxylation sites is 1. The van der Waals surface area contributed by atoms with Gasteiger partial charge in [-0.05, 0) is 72.5 Å². The van der Waals surface area contributed by atoms with Crippen LogP contribution >= 0.6 is 0 Å². The first-order chi connectivity index (χ1) is 34.5. The van der Waals surface area contributed by atoms with Gasteiger partial charge in [0.1, 0.15) is 11.2 Å². The summed E-state index contributed by atoms with van der Waals surface area (Å²) in [6.07, 6.45) is 0. The molecule has 0 bridgehead atoms. The Morgan fingerprint density at radius 2 is 0.743 bits per heavy atom. The summed E-state index contributed by atoms with van der Waals surface area (Å²) in [6.45, 7) is 4.34. The van der Waals surface area contributed by atoms with Crippen LogP contribution in [0.15, 0.2) is 217 Å². The summed E-state index contributed by atoms with van der Waals surface area (Å²) in [6, 6.07) is 72.5. The number of aromatic nitrogens is 7. The van der Waals surface area contributed by atoms with E-state index in [9.17, 15) is 0 Å². The SMILES string of the molecule is Cc1c(-c2nc(-c3ccccc3)nc(-c3ccccc3)n2)cc(-c2nc(-c3ccccc3)nc(-c3ccccc3)n2)c(C)c1-n1c2ccc(-c3ccccc3)cc2c2c3oc4ccccc4c3ccc21. The molecule has 4 heterocycles. The van der Waals surface area contributed by atoms with Crippen LogP contribution < -0.4 is 0 Å². The number of benzene rings is 9. The van der Waals surface area contributed by atoms with Gasteiger partial charge in [0.05, 0.1) is 22.1 Å². The predicted molar refractivity (Wildman–Crippen MR) is 282 cm³/mol. The Morgan fingerprint density at radius 3 is 1.23 bits per heavy atom. The third kappa shape index (κ3) is 6.92. The van der Waals surface area contributed by atoms with E-state index in [2.05, 4.69) is 97.3 Å². The van der Waals surface area contributed by atoms with E-state index < -0.39 is 0 Å². The largest absolute Gasteiger partial charge is 0.455 e. The number of hydrogen-bond donors (Lipinski definition) is 0. The van der Waals surface area contributed by atoms with E-state index in [-0.39, 0.29) is 0 Å². The maximum Gasteiger partial charge on any atom is 0.164 e. The second-order valence-corrected chi connectivity index (χ2v) is 17.5. The fraction of sp³-hybridized carbons (Fsp3) is 0.0323. The molecule has 0 aliphatic carbocycles. The first kappa shape index (κ1) is 40.8. The minimum atomic E-state index is 0.528. The Balaban J connectivity index is 1.16. The second-order valence-electron chi connectivity index (χ2n) is 17.5. The molecule has 330 valence electrons. The van der Waals surface area contributed by atoms with Gasteiger partial charge in [-0.1, -0.05) is 176 Å². The molecule has 13 rings (SSSR count). The second kappa shape index (κ2) is 16.7. The molecule has 0 saturated heterocycles. The van der Waals surface area contributed by atoms with Crippen molar-refractivity contribution in [1.29, 1.82) is 0 Å². The van der Waals surface area contributed by atoms with Crippen LogP contribution in [0.1, 0.15) is 11.1 Å². The summed E-state index contributed by atoms with van der Waals surface area (Å²) in [5.74, 6) is 3.34. The Labute approximate surface area is 403 Å². The van der Waals surface area contributed by atoms with E-state index in [4.69, 9.17) is 34.3 Å². The molecular weight excluding hydrogens is 859 g/mol. The van der Waals surface area contributed by atoms with Crippen molar-refractivity contribution in [3.8, 4) is 85.1 Å². The summed E-state index contributed by atoms with van der Waals surface area (Å²) in [5, 5.41) is 4.24. The fourth-order valence-corrected chi connectivity index (χ4v) is 9.89. The third-order valence-corrected chi connectivity index (χ3v) is 13.3. The van der Waals surface area contributed by atoms with E-state index in [1.165, 1.54) is 0 Å². The smallest absolute Gasteiger partial charge is 0.164 e. The van der Waals surface area contributed by atoms with Crippen LogP contribution in [-0.4, -0.2) is 34.5 Å².